The summed E-state index contributed by atoms with van der Waals surface area (Å²) in [7, 11) is 0. The van der Waals surface area contributed by atoms with E-state index in [9.17, 15) is 4.79 Å². The number of benzene rings is 1. The van der Waals surface area contributed by atoms with Crippen LogP contribution in [0.25, 0.3) is 0 Å². The third-order valence-electron chi connectivity index (χ3n) is 3.13. The van der Waals surface area contributed by atoms with E-state index in [2.05, 4.69) is 55.1 Å². The average Bonchev–Trinajstić information content (AvgIpc) is 2.28. The summed E-state index contributed by atoms with van der Waals surface area (Å²) in [5.41, 5.74) is 3.02. The third-order valence-corrected chi connectivity index (χ3v) is 3.13. The highest BCUT2D eigenvalue weighted by atomic mass is 16.5. The second kappa shape index (κ2) is 6.60. The maximum atomic E-state index is 9.82. The molecule has 3 nitrogen and oxygen atoms in total. The van der Waals surface area contributed by atoms with Crippen LogP contribution >= 0.6 is 0 Å². The van der Waals surface area contributed by atoms with E-state index in [1.54, 1.807) is 6.92 Å². The van der Waals surface area contributed by atoms with Crippen LogP contribution in [-0.4, -0.2) is 18.1 Å². The van der Waals surface area contributed by atoms with Gasteiger partial charge in [0.05, 0.1) is 6.61 Å². The first-order valence-electron chi connectivity index (χ1n) is 6.86. The predicted octanol–water partition coefficient (Wildman–Crippen LogP) is 3.95. The number of rotatable bonds is 1. The number of ether oxygens (including phenoxy) is 1. The molecular weight excluding hydrogens is 238 g/mol. The van der Waals surface area contributed by atoms with Crippen molar-refractivity contribution >= 4 is 11.7 Å². The van der Waals surface area contributed by atoms with Crippen molar-refractivity contribution in [2.24, 2.45) is 0 Å². The highest BCUT2D eigenvalue weighted by Crippen LogP contribution is 2.37. The van der Waals surface area contributed by atoms with Gasteiger partial charge in [-0.2, -0.15) is 0 Å². The molecule has 1 atom stereocenters. The van der Waals surface area contributed by atoms with Crippen molar-refractivity contribution in [3.05, 3.63) is 29.8 Å². The molecule has 0 aliphatic carbocycles. The third kappa shape index (κ3) is 4.93. The molecule has 1 heterocycles. The number of hydrogen-bond donors (Lipinski definition) is 1. The molecule has 0 fully saturated rings. The van der Waals surface area contributed by atoms with E-state index in [0.29, 0.717) is 12.5 Å². The quantitative estimate of drug-likeness (QED) is 0.780. The molecule has 1 unspecified atom stereocenters. The molecule has 19 heavy (non-hydrogen) atoms. The van der Waals surface area contributed by atoms with E-state index >= 15 is 0 Å². The molecule has 0 bridgehead atoms. The summed E-state index contributed by atoms with van der Waals surface area (Å²) in [4.78, 5) is 9.82. The van der Waals surface area contributed by atoms with E-state index < -0.39 is 0 Å². The summed E-state index contributed by atoms with van der Waals surface area (Å²) < 4.78 is 4.40. The van der Waals surface area contributed by atoms with Crippen molar-refractivity contribution in [2.75, 3.05) is 11.9 Å². The number of esters is 1. The first-order valence-corrected chi connectivity index (χ1v) is 6.86. The second-order valence-electron chi connectivity index (χ2n) is 5.63. The van der Waals surface area contributed by atoms with Crippen molar-refractivity contribution in [1.82, 2.24) is 0 Å². The summed E-state index contributed by atoms with van der Waals surface area (Å²) in [6.07, 6.45) is 1.21. The lowest BCUT2D eigenvalue weighted by molar-refractivity contribution is -0.140. The lowest BCUT2D eigenvalue weighted by atomic mass is 9.82. The van der Waals surface area contributed by atoms with Gasteiger partial charge in [-0.05, 0) is 44.7 Å². The number of carbonyl (C=O) groups excluding carboxylic acids is 1. The average molecular weight is 263 g/mol. The molecule has 0 aromatic heterocycles. The topological polar surface area (TPSA) is 38.3 Å². The summed E-state index contributed by atoms with van der Waals surface area (Å²) in [6.45, 7) is 10.5. The summed E-state index contributed by atoms with van der Waals surface area (Å²) >= 11 is 0. The zero-order chi connectivity index (χ0) is 14.5. The smallest absolute Gasteiger partial charge is 0.302 e. The molecule has 0 radical (unpaired) electrons. The maximum Gasteiger partial charge on any atom is 0.302 e. The second-order valence-corrected chi connectivity index (χ2v) is 5.63. The minimum absolute atomic E-state index is 0.211. The van der Waals surface area contributed by atoms with E-state index in [-0.39, 0.29) is 11.5 Å². The Kier molecular flexibility index (Phi) is 5.40. The van der Waals surface area contributed by atoms with E-state index in [1.807, 2.05) is 0 Å². The fourth-order valence-corrected chi connectivity index (χ4v) is 2.53. The number of fused-ring (bicyclic) bond motifs is 1. The monoisotopic (exact) mass is 263 g/mol. The van der Waals surface area contributed by atoms with Crippen LogP contribution in [0.1, 0.15) is 52.5 Å². The summed E-state index contributed by atoms with van der Waals surface area (Å²) in [5.74, 6) is 0.463. The molecule has 1 aliphatic heterocycles. The Morgan fingerprint density at radius 3 is 2.58 bits per heavy atom. The molecule has 1 aromatic rings. The molecule has 1 aliphatic rings. The van der Waals surface area contributed by atoms with Crippen LogP contribution in [0.3, 0.4) is 0 Å². The number of carbonyl (C=O) groups is 1. The molecular formula is C16H25NO2. The first kappa shape index (κ1) is 15.5. The van der Waals surface area contributed by atoms with Crippen molar-refractivity contribution in [1.29, 1.82) is 0 Å². The fraction of sp³-hybridized carbons (Fsp3) is 0.562. The van der Waals surface area contributed by atoms with Gasteiger partial charge in [-0.1, -0.05) is 25.1 Å². The van der Waals surface area contributed by atoms with Gasteiger partial charge >= 0.3 is 5.97 Å². The van der Waals surface area contributed by atoms with Crippen molar-refractivity contribution in [2.45, 2.75) is 52.5 Å². The van der Waals surface area contributed by atoms with Crippen LogP contribution in [0.15, 0.2) is 24.3 Å². The van der Waals surface area contributed by atoms with Crippen molar-refractivity contribution < 1.29 is 9.53 Å². The van der Waals surface area contributed by atoms with E-state index in [4.69, 9.17) is 0 Å². The SMILES string of the molecule is CC1CC(C)(C)Nc2ccccc21.CCOC(C)=O. The molecule has 2 rings (SSSR count). The van der Waals surface area contributed by atoms with Gasteiger partial charge in [0.25, 0.3) is 0 Å². The van der Waals surface area contributed by atoms with Gasteiger partial charge in [-0.15, -0.1) is 0 Å². The van der Waals surface area contributed by atoms with Crippen molar-refractivity contribution in [3.63, 3.8) is 0 Å². The van der Waals surface area contributed by atoms with Gasteiger partial charge in [0.2, 0.25) is 0 Å². The van der Waals surface area contributed by atoms with Crippen LogP contribution < -0.4 is 5.32 Å². The standard InChI is InChI=1S/C12H17N.C4H8O2/c1-9-8-12(2,3)13-11-7-5-4-6-10(9)11;1-3-6-4(2)5/h4-7,9,13H,8H2,1-3H3;3H2,1-2H3. The number of hydrogen-bond acceptors (Lipinski definition) is 3. The highest BCUT2D eigenvalue weighted by Gasteiger charge is 2.28. The molecule has 0 spiro atoms. The number of para-hydroxylation sites is 1. The van der Waals surface area contributed by atoms with E-state index in [1.165, 1.54) is 24.6 Å². The molecule has 1 N–H and O–H groups in total. The normalized spacial score (nSPS) is 19.3. The predicted molar refractivity (Wildman–Crippen MR) is 79.5 cm³/mol. The van der Waals surface area contributed by atoms with Crippen LogP contribution in [0.5, 0.6) is 0 Å². The number of nitrogens with one attached hydrogen (secondary N) is 1. The largest absolute Gasteiger partial charge is 0.466 e. The fourth-order valence-electron chi connectivity index (χ4n) is 2.53. The minimum Gasteiger partial charge on any atom is -0.466 e. The van der Waals surface area contributed by atoms with Crippen LogP contribution in [0.4, 0.5) is 5.69 Å². The van der Waals surface area contributed by atoms with Gasteiger partial charge < -0.3 is 10.1 Å². The Bertz CT molecular complexity index is 427. The molecule has 0 saturated heterocycles. The lowest BCUT2D eigenvalue weighted by Gasteiger charge is -2.37. The van der Waals surface area contributed by atoms with Gasteiger partial charge in [0.1, 0.15) is 0 Å². The zero-order valence-corrected chi connectivity index (χ0v) is 12.6. The van der Waals surface area contributed by atoms with Crippen LogP contribution in [-0.2, 0) is 9.53 Å². The maximum absolute atomic E-state index is 9.82. The summed E-state index contributed by atoms with van der Waals surface area (Å²) in [5, 5.41) is 3.57. The van der Waals surface area contributed by atoms with Crippen LogP contribution in [0.2, 0.25) is 0 Å². The molecule has 0 amide bonds. The van der Waals surface area contributed by atoms with Crippen molar-refractivity contribution in [3.8, 4) is 0 Å². The first-order chi connectivity index (χ1) is 8.85. The van der Waals surface area contributed by atoms with E-state index in [0.717, 1.165) is 0 Å². The van der Waals surface area contributed by atoms with Gasteiger partial charge in [0.15, 0.2) is 0 Å². The Labute approximate surface area is 116 Å². The number of anilines is 1. The highest BCUT2D eigenvalue weighted by molar-refractivity contribution is 5.65. The summed E-state index contributed by atoms with van der Waals surface area (Å²) in [6, 6.07) is 8.62. The van der Waals surface area contributed by atoms with Crippen LogP contribution in [0, 0.1) is 0 Å². The van der Waals surface area contributed by atoms with Gasteiger partial charge in [-0.3, -0.25) is 4.79 Å². The molecule has 1 aromatic carbocycles. The lowest BCUT2D eigenvalue weighted by Crippen LogP contribution is -2.36. The Morgan fingerprint density at radius 2 is 2.05 bits per heavy atom. The molecule has 3 heteroatoms. The Hall–Kier alpha value is -1.51. The Morgan fingerprint density at radius 1 is 1.42 bits per heavy atom. The molecule has 106 valence electrons. The minimum atomic E-state index is -0.211. The molecule has 0 saturated carbocycles. The van der Waals surface area contributed by atoms with Gasteiger partial charge in [0, 0.05) is 18.2 Å². The Balaban J connectivity index is 0.000000258. The zero-order valence-electron chi connectivity index (χ0n) is 12.6. The van der Waals surface area contributed by atoms with Gasteiger partial charge in [-0.25, -0.2) is 0 Å².